The van der Waals surface area contributed by atoms with Gasteiger partial charge in [0.1, 0.15) is 0 Å². The van der Waals surface area contributed by atoms with E-state index in [0.717, 1.165) is 4.57 Å². The van der Waals surface area contributed by atoms with Gasteiger partial charge in [-0.1, -0.05) is 0 Å². The summed E-state index contributed by atoms with van der Waals surface area (Å²) >= 11 is 0. The molecule has 1 aromatic heterocycles. The second kappa shape index (κ2) is 4.42. The van der Waals surface area contributed by atoms with Gasteiger partial charge in [0, 0.05) is 25.4 Å². The van der Waals surface area contributed by atoms with Crippen LogP contribution in [-0.2, 0) is 13.1 Å². The quantitative estimate of drug-likeness (QED) is 0.675. The Kier molecular flexibility index (Phi) is 3.24. The summed E-state index contributed by atoms with van der Waals surface area (Å²) in [6, 6.07) is 3.24. The van der Waals surface area contributed by atoms with E-state index < -0.39 is 0 Å². The van der Waals surface area contributed by atoms with Crippen LogP contribution in [0, 0.1) is 11.3 Å². The highest BCUT2D eigenvalue weighted by Gasteiger charge is 2.02. The van der Waals surface area contributed by atoms with Crippen LogP contribution in [0.2, 0.25) is 0 Å². The molecule has 0 saturated heterocycles. The van der Waals surface area contributed by atoms with E-state index in [9.17, 15) is 9.59 Å². The number of aromatic nitrogens is 2. The summed E-state index contributed by atoms with van der Waals surface area (Å²) in [6.07, 6.45) is 1.64. The van der Waals surface area contributed by atoms with Gasteiger partial charge in [0.25, 0.3) is 5.56 Å². The van der Waals surface area contributed by atoms with Crippen molar-refractivity contribution in [1.82, 2.24) is 9.13 Å². The van der Waals surface area contributed by atoms with Crippen LogP contribution in [-0.4, -0.2) is 9.13 Å². The van der Waals surface area contributed by atoms with E-state index in [-0.39, 0.29) is 24.2 Å². The summed E-state index contributed by atoms with van der Waals surface area (Å²) in [6.45, 7) is 2.50. The molecule has 0 spiro atoms. The molecule has 0 aliphatic rings. The Morgan fingerprint density at radius 2 is 2.21 bits per heavy atom. The molecule has 5 nitrogen and oxygen atoms in total. The normalized spacial score (nSPS) is 9.71. The fraction of sp³-hybridized carbons (Fsp3) is 0.444. The lowest BCUT2D eigenvalue weighted by molar-refractivity contribution is 0.571. The summed E-state index contributed by atoms with van der Waals surface area (Å²) in [4.78, 5) is 22.8. The van der Waals surface area contributed by atoms with E-state index in [1.807, 2.05) is 13.0 Å². The van der Waals surface area contributed by atoms with Crippen molar-refractivity contribution in [1.29, 1.82) is 5.26 Å². The van der Waals surface area contributed by atoms with Crippen molar-refractivity contribution in [3.63, 3.8) is 0 Å². The Bertz CT molecular complexity index is 464. The van der Waals surface area contributed by atoms with Gasteiger partial charge in [-0.05, 0) is 6.92 Å². The number of nitriles is 1. The molecule has 0 amide bonds. The van der Waals surface area contributed by atoms with Crippen molar-refractivity contribution in [2.75, 3.05) is 0 Å². The highest BCUT2D eigenvalue weighted by Crippen LogP contribution is 1.81. The van der Waals surface area contributed by atoms with Crippen molar-refractivity contribution in [2.24, 2.45) is 0 Å². The van der Waals surface area contributed by atoms with E-state index >= 15 is 0 Å². The van der Waals surface area contributed by atoms with Gasteiger partial charge in [0.2, 0.25) is 0 Å². The van der Waals surface area contributed by atoms with Gasteiger partial charge >= 0.3 is 5.69 Å². The first-order chi connectivity index (χ1) is 6.70. The molecule has 1 aromatic rings. The Labute approximate surface area is 80.8 Å². The minimum absolute atomic E-state index is 0.162. The van der Waals surface area contributed by atoms with Crippen molar-refractivity contribution < 1.29 is 0 Å². The maximum absolute atomic E-state index is 11.5. The molecule has 0 aliphatic carbocycles. The Morgan fingerprint density at radius 3 is 2.79 bits per heavy atom. The average Bonchev–Trinajstić information content (AvgIpc) is 2.18. The monoisotopic (exact) mass is 193 g/mol. The van der Waals surface area contributed by atoms with Crippen LogP contribution >= 0.6 is 0 Å². The molecular formula is C9H11N3O2. The van der Waals surface area contributed by atoms with Crippen molar-refractivity contribution >= 4 is 0 Å². The van der Waals surface area contributed by atoms with Gasteiger partial charge in [0.15, 0.2) is 0 Å². The zero-order valence-corrected chi connectivity index (χ0v) is 7.93. The van der Waals surface area contributed by atoms with Crippen LogP contribution < -0.4 is 11.2 Å². The number of rotatable bonds is 3. The lowest BCUT2D eigenvalue weighted by atomic mass is 10.4. The molecule has 0 radical (unpaired) electrons. The molecule has 0 aliphatic heterocycles. The van der Waals surface area contributed by atoms with Gasteiger partial charge < -0.3 is 4.57 Å². The molecule has 74 valence electrons. The van der Waals surface area contributed by atoms with Crippen LogP contribution in [0.1, 0.15) is 13.3 Å². The topological polar surface area (TPSA) is 67.8 Å². The molecule has 5 heteroatoms. The third-order valence-corrected chi connectivity index (χ3v) is 1.93. The molecule has 1 heterocycles. The lowest BCUT2D eigenvalue weighted by Crippen LogP contribution is -2.38. The highest BCUT2D eigenvalue weighted by molar-refractivity contribution is 4.87. The minimum Gasteiger partial charge on any atom is -0.301 e. The van der Waals surface area contributed by atoms with Gasteiger partial charge in [-0.15, -0.1) is 0 Å². The van der Waals surface area contributed by atoms with E-state index in [1.54, 1.807) is 0 Å². The van der Waals surface area contributed by atoms with E-state index in [4.69, 9.17) is 5.26 Å². The van der Waals surface area contributed by atoms with Crippen molar-refractivity contribution in [2.45, 2.75) is 26.4 Å². The number of nitrogens with zero attached hydrogens (tertiary/aromatic N) is 3. The lowest BCUT2D eigenvalue weighted by Gasteiger charge is -2.05. The number of hydrogen-bond donors (Lipinski definition) is 0. The average molecular weight is 193 g/mol. The Hall–Kier alpha value is -1.83. The number of aryl methyl sites for hydroxylation is 1. The third kappa shape index (κ3) is 1.91. The molecule has 0 saturated carbocycles. The molecule has 0 unspecified atom stereocenters. The fourth-order valence-electron chi connectivity index (χ4n) is 1.17. The first-order valence-corrected chi connectivity index (χ1v) is 4.38. The van der Waals surface area contributed by atoms with E-state index in [0.29, 0.717) is 6.54 Å². The van der Waals surface area contributed by atoms with Crippen LogP contribution in [0.5, 0.6) is 0 Å². The minimum atomic E-state index is -0.352. The summed E-state index contributed by atoms with van der Waals surface area (Å²) in [5.74, 6) is 0. The first kappa shape index (κ1) is 10.3. The second-order valence-corrected chi connectivity index (χ2v) is 2.78. The van der Waals surface area contributed by atoms with Gasteiger partial charge in [-0.25, -0.2) is 4.79 Å². The van der Waals surface area contributed by atoms with Crippen molar-refractivity contribution in [3.05, 3.63) is 33.1 Å². The molecule has 1 rings (SSSR count). The van der Waals surface area contributed by atoms with E-state index in [2.05, 4.69) is 0 Å². The molecule has 0 bridgehead atoms. The van der Waals surface area contributed by atoms with Crippen LogP contribution in [0.3, 0.4) is 0 Å². The first-order valence-electron chi connectivity index (χ1n) is 4.38. The highest BCUT2D eigenvalue weighted by atomic mass is 16.2. The van der Waals surface area contributed by atoms with Gasteiger partial charge in [-0.2, -0.15) is 5.26 Å². The fourth-order valence-corrected chi connectivity index (χ4v) is 1.17. The van der Waals surface area contributed by atoms with Crippen LogP contribution in [0.15, 0.2) is 21.9 Å². The van der Waals surface area contributed by atoms with Gasteiger partial charge in [0.05, 0.1) is 12.5 Å². The Morgan fingerprint density at radius 1 is 1.50 bits per heavy atom. The molecular weight excluding hydrogens is 182 g/mol. The molecule has 0 atom stereocenters. The molecule has 0 fully saturated rings. The maximum atomic E-state index is 11.5. The predicted molar refractivity (Wildman–Crippen MR) is 50.9 cm³/mol. The maximum Gasteiger partial charge on any atom is 0.330 e. The van der Waals surface area contributed by atoms with Crippen LogP contribution in [0.4, 0.5) is 0 Å². The third-order valence-electron chi connectivity index (χ3n) is 1.93. The van der Waals surface area contributed by atoms with Crippen molar-refractivity contribution in [3.8, 4) is 6.07 Å². The van der Waals surface area contributed by atoms with Crippen LogP contribution in [0.25, 0.3) is 0 Å². The molecule has 14 heavy (non-hydrogen) atoms. The summed E-state index contributed by atoms with van der Waals surface area (Å²) in [5.41, 5.74) is -0.704. The summed E-state index contributed by atoms with van der Waals surface area (Å²) < 4.78 is 2.51. The Balaban J connectivity index is 3.21. The predicted octanol–water partition coefficient (Wildman–Crippen LogP) is -0.0564. The largest absolute Gasteiger partial charge is 0.330 e. The van der Waals surface area contributed by atoms with E-state index in [1.165, 1.54) is 16.8 Å². The smallest absolute Gasteiger partial charge is 0.301 e. The second-order valence-electron chi connectivity index (χ2n) is 2.78. The summed E-state index contributed by atoms with van der Waals surface area (Å²) in [7, 11) is 0. The number of hydrogen-bond acceptors (Lipinski definition) is 3. The van der Waals surface area contributed by atoms with Gasteiger partial charge in [-0.3, -0.25) is 9.36 Å². The standard InChI is InChI=1S/C9H11N3O2/c1-2-11-7-4-8(13)12(9(11)14)6-3-5-10/h4,7H,2-3,6H2,1H3. The molecule has 0 aromatic carbocycles. The zero-order chi connectivity index (χ0) is 10.6. The SMILES string of the molecule is CCn1ccc(=O)n(CCC#N)c1=O. The zero-order valence-electron chi connectivity index (χ0n) is 7.93. The molecule has 0 N–H and O–H groups in total. The summed E-state index contributed by atoms with van der Waals surface area (Å²) in [5, 5.41) is 8.36.